The number of fused-ring (bicyclic) bond motifs is 10. The van der Waals surface area contributed by atoms with Crippen LogP contribution >= 0.6 is 62.0 Å². The van der Waals surface area contributed by atoms with Gasteiger partial charge in [0.1, 0.15) is 22.1 Å². The van der Waals surface area contributed by atoms with Gasteiger partial charge in [0.2, 0.25) is 0 Å². The van der Waals surface area contributed by atoms with Crippen molar-refractivity contribution in [2.45, 2.75) is 244 Å². The summed E-state index contributed by atoms with van der Waals surface area (Å²) < 4.78 is 22.6. The highest BCUT2D eigenvalue weighted by molar-refractivity contribution is 14.1. The first-order chi connectivity index (χ1) is 31.5. The van der Waals surface area contributed by atoms with Crippen molar-refractivity contribution < 1.29 is 0 Å². The number of unbranched alkanes of at least 4 members (excludes halogenated alkanes) is 24. The molecule has 0 N–H and O–H groups in total. The molecule has 2 aliphatic rings. The summed E-state index contributed by atoms with van der Waals surface area (Å²) >= 11 is 9.46. The highest BCUT2D eigenvalue weighted by Gasteiger charge is 2.49. The van der Waals surface area contributed by atoms with Crippen LogP contribution in [0.25, 0.3) is 44.3 Å². The maximum Gasteiger partial charge on any atom is 0.119 e. The van der Waals surface area contributed by atoms with Crippen LogP contribution < -0.4 is 0 Å². The van der Waals surface area contributed by atoms with Crippen LogP contribution in [0.3, 0.4) is 0 Å². The van der Waals surface area contributed by atoms with E-state index in [2.05, 4.69) is 90.5 Å². The summed E-state index contributed by atoms with van der Waals surface area (Å²) in [6, 6.07) is 10.6. The molecule has 3 aromatic carbocycles. The first-order valence-electron chi connectivity index (χ1n) is 26.6. The maximum atomic E-state index is 5.19. The molecule has 0 spiro atoms. The topological polar surface area (TPSA) is 51.6 Å². The van der Waals surface area contributed by atoms with Gasteiger partial charge in [-0.1, -0.05) is 207 Å². The van der Waals surface area contributed by atoms with E-state index in [-0.39, 0.29) is 10.8 Å². The Hall–Kier alpha value is -1.49. The molecule has 2 heterocycles. The molecular weight excluding hydrogens is 1000 g/mol. The molecule has 0 fully saturated rings. The van der Waals surface area contributed by atoms with Crippen molar-refractivity contribution in [1.29, 1.82) is 0 Å². The minimum atomic E-state index is -0.0576. The lowest BCUT2D eigenvalue weighted by molar-refractivity contribution is 0.394. The van der Waals surface area contributed by atoms with Crippen molar-refractivity contribution in [3.05, 3.63) is 54.6 Å². The van der Waals surface area contributed by atoms with E-state index in [1.807, 2.05) is 0 Å². The average Bonchev–Trinajstić information content (AvgIpc) is 4.09. The highest BCUT2D eigenvalue weighted by atomic mass is 127. The van der Waals surface area contributed by atoms with Crippen LogP contribution in [-0.2, 0) is 10.8 Å². The van der Waals surface area contributed by atoms with E-state index in [0.717, 1.165) is 26.5 Å². The quantitative estimate of drug-likeness (QED) is 0.0318. The Morgan fingerprint density at radius 1 is 0.391 bits per heavy atom. The van der Waals surface area contributed by atoms with Gasteiger partial charge in [-0.05, 0) is 122 Å². The van der Waals surface area contributed by atoms with Crippen molar-refractivity contribution in [2.24, 2.45) is 0 Å². The third-order valence-electron chi connectivity index (χ3n) is 15.6. The van der Waals surface area contributed by atoms with Crippen LogP contribution in [0, 0.1) is 3.57 Å². The number of halogens is 2. The molecule has 0 amide bonds. The van der Waals surface area contributed by atoms with Crippen LogP contribution in [0.15, 0.2) is 28.7 Å². The fraction of sp³-hybridized carbons (Fsp3) is 0.679. The molecule has 350 valence electrons. The fourth-order valence-electron chi connectivity index (χ4n) is 12.1. The minimum absolute atomic E-state index is 0.0402. The molecule has 0 unspecified atom stereocenters. The smallest absolute Gasteiger partial charge is 0.119 e. The van der Waals surface area contributed by atoms with Crippen LogP contribution in [0.1, 0.15) is 255 Å². The van der Waals surface area contributed by atoms with Crippen molar-refractivity contribution >= 4 is 84.0 Å². The molecule has 0 radical (unpaired) electrons. The van der Waals surface area contributed by atoms with Crippen molar-refractivity contribution in [2.75, 3.05) is 0 Å². The molecule has 8 heteroatoms. The first-order valence-corrected chi connectivity index (χ1v) is 29.9. The lowest BCUT2D eigenvalue weighted by Crippen LogP contribution is -2.27. The minimum Gasteiger partial charge on any atom is -0.172 e. The van der Waals surface area contributed by atoms with Gasteiger partial charge >= 0.3 is 0 Å². The number of rotatable bonds is 32. The van der Waals surface area contributed by atoms with Gasteiger partial charge in [0.15, 0.2) is 0 Å². The lowest BCUT2D eigenvalue weighted by atomic mass is 9.68. The number of benzene rings is 3. The van der Waals surface area contributed by atoms with Gasteiger partial charge < -0.3 is 0 Å². The molecule has 0 bridgehead atoms. The van der Waals surface area contributed by atoms with Gasteiger partial charge in [-0.3, -0.25) is 0 Å². The summed E-state index contributed by atoms with van der Waals surface area (Å²) in [6.45, 7) is 9.32. The van der Waals surface area contributed by atoms with E-state index < -0.39 is 0 Å². The molecular formula is C56H80BrIN4S2. The summed E-state index contributed by atoms with van der Waals surface area (Å²) in [4.78, 5) is 0. The third kappa shape index (κ3) is 11.2. The normalized spacial score (nSPS) is 14.5. The molecule has 0 saturated heterocycles. The van der Waals surface area contributed by atoms with E-state index in [1.165, 1.54) is 260 Å². The second kappa shape index (κ2) is 25.2. The summed E-state index contributed by atoms with van der Waals surface area (Å²) in [5.74, 6) is 0. The van der Waals surface area contributed by atoms with Gasteiger partial charge in [0, 0.05) is 30.0 Å². The van der Waals surface area contributed by atoms with Crippen LogP contribution in [0.2, 0.25) is 0 Å². The summed E-state index contributed by atoms with van der Waals surface area (Å²) in [5, 5.41) is 0. The number of nitrogens with zero attached hydrogens (tertiary/aromatic N) is 4. The van der Waals surface area contributed by atoms with Crippen LogP contribution in [0.5, 0.6) is 0 Å². The predicted molar refractivity (Wildman–Crippen MR) is 292 cm³/mol. The molecule has 5 aromatic rings. The van der Waals surface area contributed by atoms with Gasteiger partial charge in [-0.15, -0.1) is 0 Å². The molecule has 4 nitrogen and oxygen atoms in total. The Morgan fingerprint density at radius 2 is 0.703 bits per heavy atom. The monoisotopic (exact) mass is 1080 g/mol. The fourth-order valence-corrected chi connectivity index (χ4v) is 14.7. The largest absolute Gasteiger partial charge is 0.172 e. The van der Waals surface area contributed by atoms with E-state index in [0.29, 0.717) is 0 Å². The maximum absolute atomic E-state index is 5.19. The zero-order chi connectivity index (χ0) is 44.8. The molecule has 7 rings (SSSR count). The van der Waals surface area contributed by atoms with E-state index >= 15 is 0 Å². The van der Waals surface area contributed by atoms with Crippen LogP contribution in [-0.4, -0.2) is 17.5 Å². The highest BCUT2D eigenvalue weighted by Crippen LogP contribution is 2.63. The number of hydrogen-bond acceptors (Lipinski definition) is 6. The molecule has 0 saturated carbocycles. The Morgan fingerprint density at radius 3 is 1.09 bits per heavy atom. The van der Waals surface area contributed by atoms with Gasteiger partial charge in [0.05, 0.1) is 23.5 Å². The first kappa shape index (κ1) is 50.4. The molecule has 2 aromatic heterocycles. The summed E-state index contributed by atoms with van der Waals surface area (Å²) in [6.07, 6.45) is 42.1. The lowest BCUT2D eigenvalue weighted by Gasteiger charge is -2.35. The second-order valence-electron chi connectivity index (χ2n) is 20.1. The predicted octanol–water partition coefficient (Wildman–Crippen LogP) is 20.2. The van der Waals surface area contributed by atoms with E-state index in [9.17, 15) is 0 Å². The Labute approximate surface area is 419 Å². The van der Waals surface area contributed by atoms with E-state index in [1.54, 1.807) is 16.7 Å². The van der Waals surface area contributed by atoms with E-state index in [4.69, 9.17) is 17.5 Å². The Balaban J connectivity index is 1.37. The summed E-state index contributed by atoms with van der Waals surface area (Å²) in [7, 11) is 0. The van der Waals surface area contributed by atoms with Gasteiger partial charge in [-0.2, -0.15) is 17.5 Å². The molecule has 0 aliphatic heterocycles. The molecule has 0 atom stereocenters. The van der Waals surface area contributed by atoms with Crippen molar-refractivity contribution in [3.63, 3.8) is 0 Å². The Bertz CT molecular complexity index is 2030. The second-order valence-corrected chi connectivity index (χ2v) is 23.2. The molecule has 2 aliphatic carbocycles. The zero-order valence-corrected chi connectivity index (χ0v) is 45.7. The number of hydrogen-bond donors (Lipinski definition) is 0. The average molecular weight is 1080 g/mol. The standard InChI is InChI=1S/C56H80BrIN4S2/c1-5-9-13-17-21-25-29-33-55(34-30-26-22-18-14-10-6-2)43-38-42-44(37-41(43)49-45(55)39-47(57)51-53(49)61-63-59-51)56(35-31-27-23-19-15-11-7-3,36-32-28-24-20-16-12-8-4)46-40-48(58)52-54(50(42)46)62-64-60-52/h37-40H,5-36H2,1-4H3. The summed E-state index contributed by atoms with van der Waals surface area (Å²) in [5.41, 5.74) is 16.2. The SMILES string of the molecule is CCCCCCCCCC1(CCCCCCCCC)c2cc3c(cc2-c2c1cc(Br)c1nsnc21)C(CCCCCCCCC)(CCCCCCCCC)c1cc(I)c2nsnc2c1-3. The van der Waals surface area contributed by atoms with Crippen molar-refractivity contribution in [1.82, 2.24) is 17.5 Å². The van der Waals surface area contributed by atoms with Gasteiger partial charge in [-0.25, -0.2) is 0 Å². The number of aromatic nitrogens is 4. The third-order valence-corrected chi connectivity index (χ3v) is 18.1. The van der Waals surface area contributed by atoms with Crippen molar-refractivity contribution in [3.8, 4) is 22.3 Å². The van der Waals surface area contributed by atoms with Gasteiger partial charge in [0.25, 0.3) is 0 Å². The zero-order valence-electron chi connectivity index (χ0n) is 40.3. The Kier molecular flexibility index (Phi) is 19.9. The van der Waals surface area contributed by atoms with Crippen LogP contribution in [0.4, 0.5) is 0 Å². The molecule has 64 heavy (non-hydrogen) atoms.